The van der Waals surface area contributed by atoms with E-state index in [4.69, 9.17) is 0 Å². The molecule has 0 aliphatic carbocycles. The molecule has 1 nitrogen and oxygen atoms in total. The predicted octanol–water partition coefficient (Wildman–Crippen LogP) is 4.89. The fraction of sp³-hybridized carbons (Fsp3) is 0.474. The highest BCUT2D eigenvalue weighted by molar-refractivity contribution is 6.87. The molecule has 1 rings (SSSR count). The molecule has 0 radical (unpaired) electrons. The van der Waals surface area contributed by atoms with Gasteiger partial charge in [-0.2, -0.15) is 0 Å². The van der Waals surface area contributed by atoms with Gasteiger partial charge in [0.25, 0.3) is 0 Å². The number of rotatable bonds is 3. The third kappa shape index (κ3) is 4.59. The van der Waals surface area contributed by atoms with Crippen LogP contribution in [-0.4, -0.2) is 13.2 Å². The van der Waals surface area contributed by atoms with Gasteiger partial charge in [0.2, 0.25) is 0 Å². The highest BCUT2D eigenvalue weighted by Crippen LogP contribution is 2.35. The van der Waals surface area contributed by atoms with E-state index in [1.807, 2.05) is 42.5 Å². The summed E-state index contributed by atoms with van der Waals surface area (Å²) in [4.78, 5) is 0. The third-order valence-electron chi connectivity index (χ3n) is 4.25. The Kier molecular flexibility index (Phi) is 5.61. The lowest BCUT2D eigenvalue weighted by Gasteiger charge is -2.32. The quantitative estimate of drug-likeness (QED) is 0.478. The second-order valence-corrected chi connectivity index (χ2v) is 12.1. The molecule has 0 heterocycles. The van der Waals surface area contributed by atoms with E-state index in [0.717, 1.165) is 12.0 Å². The summed E-state index contributed by atoms with van der Waals surface area (Å²) < 4.78 is 0. The molecule has 1 aromatic rings. The zero-order valence-corrected chi connectivity index (χ0v) is 15.2. The van der Waals surface area contributed by atoms with E-state index in [2.05, 4.69) is 52.3 Å². The van der Waals surface area contributed by atoms with Crippen LogP contribution in [0.2, 0.25) is 18.1 Å². The van der Waals surface area contributed by atoms with Gasteiger partial charge in [-0.25, -0.2) is 0 Å². The van der Waals surface area contributed by atoms with Gasteiger partial charge in [-0.05, 0) is 23.1 Å². The van der Waals surface area contributed by atoms with Crippen molar-refractivity contribution in [2.45, 2.75) is 57.8 Å². The standard InChI is InChI=1S/C19H28OSi/c1-7-8-14-19(20,17-12-10-9-11-13-17)15-16-21(5,6)18(2,3)4/h8-14,20H,7H2,1-6H3/b14-8+. The maximum atomic E-state index is 11.0. The number of aliphatic hydroxyl groups is 1. The maximum absolute atomic E-state index is 11.0. The first-order chi connectivity index (χ1) is 9.62. The van der Waals surface area contributed by atoms with E-state index < -0.39 is 13.7 Å². The van der Waals surface area contributed by atoms with Gasteiger partial charge >= 0.3 is 0 Å². The van der Waals surface area contributed by atoms with Crippen molar-refractivity contribution in [2.24, 2.45) is 0 Å². The first-order valence-electron chi connectivity index (χ1n) is 7.62. The van der Waals surface area contributed by atoms with E-state index in [9.17, 15) is 5.11 Å². The van der Waals surface area contributed by atoms with Crippen molar-refractivity contribution in [3.8, 4) is 11.5 Å². The molecule has 0 aliphatic heterocycles. The molecule has 21 heavy (non-hydrogen) atoms. The fourth-order valence-electron chi connectivity index (χ4n) is 1.63. The highest BCUT2D eigenvalue weighted by atomic mass is 28.3. The van der Waals surface area contributed by atoms with Gasteiger partial charge in [-0.3, -0.25) is 0 Å². The average molecular weight is 301 g/mol. The van der Waals surface area contributed by atoms with Crippen LogP contribution in [0.25, 0.3) is 0 Å². The van der Waals surface area contributed by atoms with Crippen molar-refractivity contribution < 1.29 is 5.11 Å². The number of hydrogen-bond acceptors (Lipinski definition) is 1. The van der Waals surface area contributed by atoms with Gasteiger partial charge < -0.3 is 5.11 Å². The monoisotopic (exact) mass is 300 g/mol. The van der Waals surface area contributed by atoms with Crippen molar-refractivity contribution in [3.63, 3.8) is 0 Å². The second-order valence-electron chi connectivity index (χ2n) is 7.07. The molecular formula is C19H28OSi. The van der Waals surface area contributed by atoms with Crippen molar-refractivity contribution in [2.75, 3.05) is 0 Å². The Morgan fingerprint density at radius 3 is 2.19 bits per heavy atom. The Labute approximate surface area is 131 Å². The van der Waals surface area contributed by atoms with Crippen LogP contribution in [0.15, 0.2) is 42.5 Å². The van der Waals surface area contributed by atoms with Crippen LogP contribution >= 0.6 is 0 Å². The molecule has 0 fully saturated rings. The molecule has 0 saturated carbocycles. The lowest BCUT2D eigenvalue weighted by molar-refractivity contribution is 0.154. The molecule has 0 aliphatic rings. The number of benzene rings is 1. The first kappa shape index (κ1) is 17.7. The topological polar surface area (TPSA) is 20.2 Å². The normalized spacial score (nSPS) is 15.4. The van der Waals surface area contributed by atoms with E-state index >= 15 is 0 Å². The van der Waals surface area contributed by atoms with Gasteiger partial charge in [0.05, 0.1) is 0 Å². The Balaban J connectivity index is 3.27. The summed E-state index contributed by atoms with van der Waals surface area (Å²) in [6.07, 6.45) is 4.69. The summed E-state index contributed by atoms with van der Waals surface area (Å²) in [6, 6.07) is 9.69. The number of hydrogen-bond donors (Lipinski definition) is 1. The molecule has 1 unspecified atom stereocenters. The molecule has 0 spiro atoms. The van der Waals surface area contributed by atoms with E-state index in [1.165, 1.54) is 0 Å². The van der Waals surface area contributed by atoms with Gasteiger partial charge in [-0.15, -0.1) is 5.54 Å². The molecule has 114 valence electrons. The zero-order chi connectivity index (χ0) is 16.1. The average Bonchev–Trinajstić information content (AvgIpc) is 2.43. The molecule has 0 aromatic heterocycles. The SMILES string of the molecule is CC/C=C/C(O)(C#C[Si](C)(C)C(C)(C)C)c1ccccc1. The van der Waals surface area contributed by atoms with Crippen molar-refractivity contribution >= 4 is 8.07 Å². The Morgan fingerprint density at radius 2 is 1.71 bits per heavy atom. The summed E-state index contributed by atoms with van der Waals surface area (Å²) in [5, 5.41) is 11.2. The minimum atomic E-state index is -1.74. The molecule has 0 saturated heterocycles. The summed E-state index contributed by atoms with van der Waals surface area (Å²) in [6.45, 7) is 13.3. The van der Waals surface area contributed by atoms with Crippen LogP contribution in [0.5, 0.6) is 0 Å². The summed E-state index contributed by atoms with van der Waals surface area (Å²) in [5.74, 6) is 3.17. The van der Waals surface area contributed by atoms with E-state index in [0.29, 0.717) is 0 Å². The smallest absolute Gasteiger partial charge is 0.169 e. The molecule has 0 amide bonds. The van der Waals surface area contributed by atoms with Crippen molar-refractivity contribution in [1.82, 2.24) is 0 Å². The predicted molar refractivity (Wildman–Crippen MR) is 94.7 cm³/mol. The minimum absolute atomic E-state index is 0.187. The van der Waals surface area contributed by atoms with Gasteiger partial charge in [0.15, 0.2) is 5.60 Å². The maximum Gasteiger partial charge on any atom is 0.169 e. The van der Waals surface area contributed by atoms with Crippen LogP contribution in [0.3, 0.4) is 0 Å². The van der Waals surface area contributed by atoms with Crippen LogP contribution < -0.4 is 0 Å². The minimum Gasteiger partial charge on any atom is -0.370 e. The Morgan fingerprint density at radius 1 is 1.14 bits per heavy atom. The van der Waals surface area contributed by atoms with Crippen LogP contribution in [-0.2, 0) is 5.60 Å². The van der Waals surface area contributed by atoms with Crippen LogP contribution in [0.4, 0.5) is 0 Å². The molecule has 1 aromatic carbocycles. The summed E-state index contributed by atoms with van der Waals surface area (Å²) >= 11 is 0. The largest absolute Gasteiger partial charge is 0.370 e. The number of allylic oxidation sites excluding steroid dienone is 1. The van der Waals surface area contributed by atoms with Crippen LogP contribution in [0, 0.1) is 11.5 Å². The van der Waals surface area contributed by atoms with Gasteiger partial charge in [-0.1, -0.05) is 83.1 Å². The Hall–Kier alpha value is -1.30. The molecule has 0 bridgehead atoms. The van der Waals surface area contributed by atoms with Crippen molar-refractivity contribution in [3.05, 3.63) is 48.0 Å². The van der Waals surface area contributed by atoms with E-state index in [-0.39, 0.29) is 5.04 Å². The fourth-order valence-corrected chi connectivity index (χ4v) is 2.51. The van der Waals surface area contributed by atoms with E-state index in [1.54, 1.807) is 0 Å². The third-order valence-corrected chi connectivity index (χ3v) is 8.75. The van der Waals surface area contributed by atoms with Crippen molar-refractivity contribution in [1.29, 1.82) is 0 Å². The second kappa shape index (κ2) is 6.64. The zero-order valence-electron chi connectivity index (χ0n) is 14.2. The lowest BCUT2D eigenvalue weighted by atomic mass is 9.94. The molecular weight excluding hydrogens is 272 g/mol. The molecule has 1 atom stereocenters. The lowest BCUT2D eigenvalue weighted by Crippen LogP contribution is -2.36. The molecule has 1 N–H and O–H groups in total. The highest BCUT2D eigenvalue weighted by Gasteiger charge is 2.34. The van der Waals surface area contributed by atoms with Gasteiger partial charge in [0, 0.05) is 0 Å². The first-order valence-corrected chi connectivity index (χ1v) is 10.6. The van der Waals surface area contributed by atoms with Crippen LogP contribution in [0.1, 0.15) is 39.7 Å². The summed E-state index contributed by atoms with van der Waals surface area (Å²) in [7, 11) is -1.74. The Bertz CT molecular complexity index is 540. The molecule has 2 heteroatoms. The summed E-state index contributed by atoms with van der Waals surface area (Å²) in [5.41, 5.74) is 3.08. The van der Waals surface area contributed by atoms with Gasteiger partial charge in [0.1, 0.15) is 8.07 Å².